The third-order valence-electron chi connectivity index (χ3n) is 4.82. The molecular weight excluding hydrogens is 526 g/mol. The van der Waals surface area contributed by atoms with E-state index in [-0.39, 0.29) is 23.8 Å². The van der Waals surface area contributed by atoms with Crippen molar-refractivity contribution in [1.29, 1.82) is 5.26 Å². The standard InChI is InChI=1S/C27H24BrN3O5/c1-3-35-24-14-18(12-19(15-29)27(34)31-21-8-10-22(32)11-9-21)13-23(28)26(24)36-16-25(33)30-20-6-4-17(2)5-7-20/h4-14,32H,3,16H2,1-2H3,(H,30,33)(H,31,34)/b19-12+. The van der Waals surface area contributed by atoms with E-state index in [1.54, 1.807) is 31.2 Å². The molecule has 3 aromatic rings. The minimum Gasteiger partial charge on any atom is -0.508 e. The summed E-state index contributed by atoms with van der Waals surface area (Å²) in [7, 11) is 0. The van der Waals surface area contributed by atoms with Crippen LogP contribution in [0.4, 0.5) is 11.4 Å². The number of carbonyl (C=O) groups excluding carboxylic acids is 2. The van der Waals surface area contributed by atoms with Crippen molar-refractivity contribution in [3.05, 3.63) is 81.8 Å². The maximum atomic E-state index is 12.6. The van der Waals surface area contributed by atoms with Crippen molar-refractivity contribution >= 4 is 45.2 Å². The molecule has 8 nitrogen and oxygen atoms in total. The number of anilines is 2. The summed E-state index contributed by atoms with van der Waals surface area (Å²) in [6.45, 7) is 3.84. The Kier molecular flexibility index (Phi) is 9.08. The molecule has 0 saturated heterocycles. The summed E-state index contributed by atoms with van der Waals surface area (Å²) < 4.78 is 11.9. The Morgan fingerprint density at radius 1 is 1.03 bits per heavy atom. The molecule has 3 N–H and O–H groups in total. The number of phenolic OH excluding ortho intramolecular Hbond substituents is 1. The second kappa shape index (κ2) is 12.4. The number of nitrogens with one attached hydrogen (secondary N) is 2. The molecule has 0 aliphatic rings. The number of nitrogens with zero attached hydrogens (tertiary/aromatic N) is 1. The first-order valence-corrected chi connectivity index (χ1v) is 11.8. The Morgan fingerprint density at radius 3 is 2.31 bits per heavy atom. The molecule has 3 rings (SSSR count). The van der Waals surface area contributed by atoms with Crippen LogP contribution in [0.5, 0.6) is 17.2 Å². The molecule has 9 heteroatoms. The number of halogens is 1. The van der Waals surface area contributed by atoms with Gasteiger partial charge in [-0.3, -0.25) is 9.59 Å². The van der Waals surface area contributed by atoms with E-state index in [0.29, 0.717) is 39.5 Å². The zero-order valence-corrected chi connectivity index (χ0v) is 21.3. The molecule has 184 valence electrons. The summed E-state index contributed by atoms with van der Waals surface area (Å²) in [5.74, 6) is -0.217. The highest BCUT2D eigenvalue weighted by Crippen LogP contribution is 2.37. The van der Waals surface area contributed by atoms with Crippen molar-refractivity contribution in [2.75, 3.05) is 23.8 Å². The predicted octanol–water partition coefficient (Wildman–Crippen LogP) is 5.43. The number of carbonyl (C=O) groups is 2. The molecule has 36 heavy (non-hydrogen) atoms. The zero-order valence-electron chi connectivity index (χ0n) is 19.7. The maximum Gasteiger partial charge on any atom is 0.266 e. The van der Waals surface area contributed by atoms with Crippen molar-refractivity contribution in [1.82, 2.24) is 0 Å². The van der Waals surface area contributed by atoms with E-state index >= 15 is 0 Å². The third-order valence-corrected chi connectivity index (χ3v) is 5.40. The third kappa shape index (κ3) is 7.35. The summed E-state index contributed by atoms with van der Waals surface area (Å²) in [5, 5.41) is 24.3. The largest absolute Gasteiger partial charge is 0.508 e. The van der Waals surface area contributed by atoms with Gasteiger partial charge in [0, 0.05) is 11.4 Å². The molecule has 0 heterocycles. The number of phenols is 1. The van der Waals surface area contributed by atoms with Gasteiger partial charge in [0.25, 0.3) is 11.8 Å². The van der Waals surface area contributed by atoms with E-state index in [9.17, 15) is 20.0 Å². The smallest absolute Gasteiger partial charge is 0.266 e. The lowest BCUT2D eigenvalue weighted by Crippen LogP contribution is -2.20. The Balaban J connectivity index is 1.76. The van der Waals surface area contributed by atoms with Crippen LogP contribution in [0.2, 0.25) is 0 Å². The SMILES string of the molecule is CCOc1cc(/C=C(\C#N)C(=O)Nc2ccc(O)cc2)cc(Br)c1OCC(=O)Nc1ccc(C)cc1. The van der Waals surface area contributed by atoms with Crippen LogP contribution in [0.15, 0.2) is 70.7 Å². The molecule has 2 amide bonds. The normalized spacial score (nSPS) is 10.8. The van der Waals surface area contributed by atoms with Gasteiger partial charge in [-0.1, -0.05) is 17.7 Å². The summed E-state index contributed by atoms with van der Waals surface area (Å²) in [6.07, 6.45) is 1.41. The molecule has 0 aromatic heterocycles. The van der Waals surface area contributed by atoms with Gasteiger partial charge in [0.1, 0.15) is 17.4 Å². The van der Waals surface area contributed by atoms with Gasteiger partial charge in [0.05, 0.1) is 11.1 Å². The molecule has 0 radical (unpaired) electrons. The van der Waals surface area contributed by atoms with Gasteiger partial charge in [-0.05, 0) is 89.9 Å². The fraction of sp³-hybridized carbons (Fsp3) is 0.148. The van der Waals surface area contributed by atoms with Crippen LogP contribution in [0.3, 0.4) is 0 Å². The number of benzene rings is 3. The number of hydrogen-bond donors (Lipinski definition) is 3. The summed E-state index contributed by atoms with van der Waals surface area (Å²) >= 11 is 3.43. The van der Waals surface area contributed by atoms with Crippen molar-refractivity contribution < 1.29 is 24.2 Å². The van der Waals surface area contributed by atoms with Crippen LogP contribution in [0.1, 0.15) is 18.1 Å². The fourth-order valence-corrected chi connectivity index (χ4v) is 3.68. The number of nitriles is 1. The molecule has 0 bridgehead atoms. The zero-order chi connectivity index (χ0) is 26.1. The second-order valence-corrected chi connectivity index (χ2v) is 8.49. The highest BCUT2D eigenvalue weighted by atomic mass is 79.9. The van der Waals surface area contributed by atoms with E-state index in [1.165, 1.54) is 30.3 Å². The van der Waals surface area contributed by atoms with Gasteiger partial charge in [-0.2, -0.15) is 5.26 Å². The quantitative estimate of drug-likeness (QED) is 0.186. The maximum absolute atomic E-state index is 12.6. The first kappa shape index (κ1) is 26.3. The first-order valence-electron chi connectivity index (χ1n) is 11.0. The van der Waals surface area contributed by atoms with Crippen molar-refractivity contribution in [3.8, 4) is 23.3 Å². The average molecular weight is 550 g/mol. The lowest BCUT2D eigenvalue weighted by molar-refractivity contribution is -0.118. The first-order chi connectivity index (χ1) is 17.3. The van der Waals surface area contributed by atoms with Crippen LogP contribution in [0, 0.1) is 18.3 Å². The lowest BCUT2D eigenvalue weighted by Gasteiger charge is -2.15. The van der Waals surface area contributed by atoms with E-state index in [1.807, 2.05) is 25.1 Å². The fourth-order valence-electron chi connectivity index (χ4n) is 3.10. The lowest BCUT2D eigenvalue weighted by atomic mass is 10.1. The minimum absolute atomic E-state index is 0.0623. The Morgan fingerprint density at radius 2 is 1.67 bits per heavy atom. The number of aromatic hydroxyl groups is 1. The van der Waals surface area contributed by atoms with Gasteiger partial charge >= 0.3 is 0 Å². The van der Waals surface area contributed by atoms with Gasteiger partial charge in [-0.25, -0.2) is 0 Å². The Bertz CT molecular complexity index is 1310. The van der Waals surface area contributed by atoms with Crippen molar-refractivity contribution in [3.63, 3.8) is 0 Å². The number of ether oxygens (including phenoxy) is 2. The molecule has 0 fully saturated rings. The van der Waals surface area contributed by atoms with E-state index in [4.69, 9.17) is 9.47 Å². The molecule has 0 aliphatic carbocycles. The van der Waals surface area contributed by atoms with Gasteiger partial charge in [-0.15, -0.1) is 0 Å². The van der Waals surface area contributed by atoms with Crippen LogP contribution in [-0.4, -0.2) is 30.1 Å². The van der Waals surface area contributed by atoms with E-state index in [0.717, 1.165) is 5.56 Å². The minimum atomic E-state index is -0.606. The number of hydrogen-bond acceptors (Lipinski definition) is 6. The summed E-state index contributed by atoms with van der Waals surface area (Å²) in [4.78, 5) is 24.9. The van der Waals surface area contributed by atoms with Crippen LogP contribution in [-0.2, 0) is 9.59 Å². The summed E-state index contributed by atoms with van der Waals surface area (Å²) in [6, 6.07) is 18.5. The Hall–Kier alpha value is -4.29. The summed E-state index contributed by atoms with van der Waals surface area (Å²) in [5.41, 5.74) is 2.56. The molecular formula is C27H24BrN3O5. The average Bonchev–Trinajstić information content (AvgIpc) is 2.85. The molecule has 3 aromatic carbocycles. The van der Waals surface area contributed by atoms with E-state index in [2.05, 4.69) is 26.6 Å². The topological polar surface area (TPSA) is 121 Å². The molecule has 0 saturated carbocycles. The molecule has 0 atom stereocenters. The number of rotatable bonds is 9. The van der Waals surface area contributed by atoms with Crippen LogP contribution in [0.25, 0.3) is 6.08 Å². The predicted molar refractivity (Wildman–Crippen MR) is 141 cm³/mol. The highest BCUT2D eigenvalue weighted by molar-refractivity contribution is 9.10. The van der Waals surface area contributed by atoms with E-state index < -0.39 is 5.91 Å². The Labute approximate surface area is 217 Å². The van der Waals surface area contributed by atoms with Crippen LogP contribution < -0.4 is 20.1 Å². The van der Waals surface area contributed by atoms with Gasteiger partial charge in [0.15, 0.2) is 18.1 Å². The second-order valence-electron chi connectivity index (χ2n) is 7.64. The van der Waals surface area contributed by atoms with Crippen LogP contribution >= 0.6 is 15.9 Å². The number of amides is 2. The van der Waals surface area contributed by atoms with Crippen molar-refractivity contribution in [2.45, 2.75) is 13.8 Å². The highest BCUT2D eigenvalue weighted by Gasteiger charge is 2.16. The molecule has 0 aliphatic heterocycles. The van der Waals surface area contributed by atoms with Gasteiger partial charge in [0.2, 0.25) is 0 Å². The molecule has 0 unspecified atom stereocenters. The number of aryl methyl sites for hydroxylation is 1. The van der Waals surface area contributed by atoms with Gasteiger partial charge < -0.3 is 25.2 Å². The monoisotopic (exact) mass is 549 g/mol. The van der Waals surface area contributed by atoms with Crippen molar-refractivity contribution in [2.24, 2.45) is 0 Å². The molecule has 0 spiro atoms.